The van der Waals surface area contributed by atoms with Crippen LogP contribution < -0.4 is 5.32 Å². The van der Waals surface area contributed by atoms with Crippen LogP contribution in [0.1, 0.15) is 33.1 Å². The highest BCUT2D eigenvalue weighted by Gasteiger charge is 2.21. The highest BCUT2D eigenvalue weighted by molar-refractivity contribution is 7.90. The fourth-order valence-corrected chi connectivity index (χ4v) is 1.94. The van der Waals surface area contributed by atoms with E-state index in [4.69, 9.17) is 5.11 Å². The van der Waals surface area contributed by atoms with Crippen LogP contribution in [0, 0.1) is 5.92 Å². The molecule has 0 radical (unpaired) electrons. The summed E-state index contributed by atoms with van der Waals surface area (Å²) < 4.78 is 21.9. The van der Waals surface area contributed by atoms with Gasteiger partial charge in [-0.25, -0.2) is 13.2 Å². The molecule has 0 aromatic carbocycles. The van der Waals surface area contributed by atoms with Crippen LogP contribution in [0.3, 0.4) is 0 Å². The number of hydrogen-bond acceptors (Lipinski definition) is 4. The van der Waals surface area contributed by atoms with Crippen molar-refractivity contribution >= 4 is 21.7 Å². The number of carboxylic acids is 1. The fraction of sp³-hybridized carbons (Fsp3) is 0.818. The number of rotatable bonds is 8. The van der Waals surface area contributed by atoms with Gasteiger partial charge in [-0.3, -0.25) is 4.79 Å². The van der Waals surface area contributed by atoms with Gasteiger partial charge in [-0.05, 0) is 18.8 Å². The van der Waals surface area contributed by atoms with Gasteiger partial charge in [0.25, 0.3) is 0 Å². The van der Waals surface area contributed by atoms with Gasteiger partial charge in [0, 0.05) is 12.7 Å². The molecule has 0 aromatic heterocycles. The molecule has 0 fully saturated rings. The van der Waals surface area contributed by atoms with E-state index < -0.39 is 21.8 Å². The monoisotopic (exact) mass is 279 g/mol. The van der Waals surface area contributed by atoms with Crippen molar-refractivity contribution in [1.82, 2.24) is 5.32 Å². The van der Waals surface area contributed by atoms with E-state index in [1.54, 1.807) is 0 Å². The Bertz CT molecular complexity index is 388. The quantitative estimate of drug-likeness (QED) is 0.671. The summed E-state index contributed by atoms with van der Waals surface area (Å²) in [5.41, 5.74) is 0. The van der Waals surface area contributed by atoms with Crippen LogP contribution in [0.5, 0.6) is 0 Å². The second-order valence-corrected chi connectivity index (χ2v) is 7.07. The molecule has 0 aliphatic rings. The first-order chi connectivity index (χ1) is 8.11. The number of amides is 1. The van der Waals surface area contributed by atoms with Crippen LogP contribution in [0.4, 0.5) is 0 Å². The Kier molecular flexibility index (Phi) is 6.90. The first kappa shape index (κ1) is 16.9. The molecule has 0 rings (SSSR count). The highest BCUT2D eigenvalue weighted by atomic mass is 32.2. The van der Waals surface area contributed by atoms with Crippen molar-refractivity contribution in [3.63, 3.8) is 0 Å². The predicted octanol–water partition coefficient (Wildman–Crippen LogP) is 0.427. The third kappa shape index (κ3) is 8.98. The van der Waals surface area contributed by atoms with E-state index in [0.29, 0.717) is 12.3 Å². The summed E-state index contributed by atoms with van der Waals surface area (Å²) in [5, 5.41) is 11.2. The third-order valence-electron chi connectivity index (χ3n) is 2.36. The van der Waals surface area contributed by atoms with Gasteiger partial charge < -0.3 is 10.4 Å². The zero-order valence-electron chi connectivity index (χ0n) is 11.0. The van der Waals surface area contributed by atoms with E-state index in [-0.39, 0.29) is 24.5 Å². The van der Waals surface area contributed by atoms with E-state index in [9.17, 15) is 18.0 Å². The second kappa shape index (κ2) is 7.35. The van der Waals surface area contributed by atoms with E-state index in [1.807, 2.05) is 13.8 Å². The van der Waals surface area contributed by atoms with Crippen LogP contribution >= 0.6 is 0 Å². The molecule has 0 heterocycles. The number of hydrogen-bond donors (Lipinski definition) is 2. The summed E-state index contributed by atoms with van der Waals surface area (Å²) in [6.45, 7) is 3.93. The largest absolute Gasteiger partial charge is 0.480 e. The molecular formula is C11H21NO5S. The summed E-state index contributed by atoms with van der Waals surface area (Å²) in [5.74, 6) is -1.47. The van der Waals surface area contributed by atoms with Crippen LogP contribution in [0.2, 0.25) is 0 Å². The first-order valence-corrected chi connectivity index (χ1v) is 7.87. The molecule has 0 saturated heterocycles. The maximum atomic E-state index is 11.5. The molecule has 1 atom stereocenters. The Balaban J connectivity index is 4.28. The highest BCUT2D eigenvalue weighted by Crippen LogP contribution is 2.04. The van der Waals surface area contributed by atoms with Crippen molar-refractivity contribution in [2.24, 2.45) is 5.92 Å². The number of sulfone groups is 1. The van der Waals surface area contributed by atoms with Gasteiger partial charge in [0.15, 0.2) is 0 Å². The number of carbonyl (C=O) groups is 2. The molecule has 18 heavy (non-hydrogen) atoms. The minimum Gasteiger partial charge on any atom is -0.480 e. The SMILES string of the molecule is CC(C)CCC(=O)NC(CCS(C)(=O)=O)C(=O)O. The van der Waals surface area contributed by atoms with Crippen molar-refractivity contribution in [2.75, 3.05) is 12.0 Å². The number of nitrogens with one attached hydrogen (secondary N) is 1. The Hall–Kier alpha value is -1.11. The van der Waals surface area contributed by atoms with E-state index in [2.05, 4.69) is 5.32 Å². The molecule has 0 saturated carbocycles. The zero-order valence-corrected chi connectivity index (χ0v) is 11.8. The van der Waals surface area contributed by atoms with Crippen molar-refractivity contribution in [1.29, 1.82) is 0 Å². The predicted molar refractivity (Wildman–Crippen MR) is 68.0 cm³/mol. The van der Waals surface area contributed by atoms with Gasteiger partial charge in [-0.15, -0.1) is 0 Å². The molecule has 0 aliphatic heterocycles. The Morgan fingerprint density at radius 3 is 2.17 bits per heavy atom. The summed E-state index contributed by atoms with van der Waals surface area (Å²) in [4.78, 5) is 22.3. The zero-order chi connectivity index (χ0) is 14.3. The molecule has 2 N–H and O–H groups in total. The summed E-state index contributed by atoms with van der Waals surface area (Å²) in [7, 11) is -3.23. The summed E-state index contributed by atoms with van der Waals surface area (Å²) >= 11 is 0. The minimum absolute atomic E-state index is 0.110. The van der Waals surface area contributed by atoms with E-state index in [1.165, 1.54) is 0 Å². The molecule has 7 heteroatoms. The Labute approximate surface area is 108 Å². The van der Waals surface area contributed by atoms with E-state index >= 15 is 0 Å². The lowest BCUT2D eigenvalue weighted by Crippen LogP contribution is -2.41. The second-order valence-electron chi connectivity index (χ2n) is 4.81. The maximum absolute atomic E-state index is 11.5. The number of carboxylic acid groups (broad SMARTS) is 1. The van der Waals surface area contributed by atoms with Gasteiger partial charge in [0.05, 0.1) is 5.75 Å². The standard InChI is InChI=1S/C11H21NO5S/c1-8(2)4-5-10(13)12-9(11(14)15)6-7-18(3,16)17/h8-9H,4-7H2,1-3H3,(H,12,13)(H,14,15). The maximum Gasteiger partial charge on any atom is 0.326 e. The topological polar surface area (TPSA) is 101 Å². The lowest BCUT2D eigenvalue weighted by Gasteiger charge is -2.14. The van der Waals surface area contributed by atoms with Gasteiger partial charge >= 0.3 is 5.97 Å². The van der Waals surface area contributed by atoms with Crippen molar-refractivity contribution in [2.45, 2.75) is 39.2 Å². The van der Waals surface area contributed by atoms with Crippen molar-refractivity contribution in [3.05, 3.63) is 0 Å². The summed E-state index contributed by atoms with van der Waals surface area (Å²) in [6.07, 6.45) is 1.85. The molecule has 0 aliphatic carbocycles. The van der Waals surface area contributed by atoms with Crippen LogP contribution in [0.15, 0.2) is 0 Å². The van der Waals surface area contributed by atoms with Gasteiger partial charge in [-0.2, -0.15) is 0 Å². The van der Waals surface area contributed by atoms with Gasteiger partial charge in [0.2, 0.25) is 5.91 Å². The normalized spacial score (nSPS) is 13.3. The Morgan fingerprint density at radius 2 is 1.78 bits per heavy atom. The van der Waals surface area contributed by atoms with Crippen LogP contribution in [0.25, 0.3) is 0 Å². The van der Waals surface area contributed by atoms with Crippen molar-refractivity contribution in [3.8, 4) is 0 Å². The van der Waals surface area contributed by atoms with E-state index in [0.717, 1.165) is 6.26 Å². The van der Waals surface area contributed by atoms with Gasteiger partial charge in [-0.1, -0.05) is 13.8 Å². The molecule has 1 amide bonds. The van der Waals surface area contributed by atoms with Crippen molar-refractivity contribution < 1.29 is 23.1 Å². The Morgan fingerprint density at radius 1 is 1.22 bits per heavy atom. The average Bonchev–Trinajstić information content (AvgIpc) is 2.19. The molecule has 0 aromatic rings. The molecular weight excluding hydrogens is 258 g/mol. The smallest absolute Gasteiger partial charge is 0.326 e. The number of carbonyl (C=O) groups excluding carboxylic acids is 1. The van der Waals surface area contributed by atoms with Crippen LogP contribution in [-0.4, -0.2) is 43.5 Å². The van der Waals surface area contributed by atoms with Gasteiger partial charge in [0.1, 0.15) is 15.9 Å². The third-order valence-corrected chi connectivity index (χ3v) is 3.34. The van der Waals surface area contributed by atoms with Crippen LogP contribution in [-0.2, 0) is 19.4 Å². The molecule has 6 nitrogen and oxygen atoms in total. The molecule has 0 spiro atoms. The number of aliphatic carboxylic acids is 1. The first-order valence-electron chi connectivity index (χ1n) is 5.81. The lowest BCUT2D eigenvalue weighted by atomic mass is 10.1. The summed E-state index contributed by atoms with van der Waals surface area (Å²) in [6, 6.07) is -1.14. The molecule has 106 valence electrons. The fourth-order valence-electron chi connectivity index (χ4n) is 1.28. The lowest BCUT2D eigenvalue weighted by molar-refractivity contribution is -0.141. The molecule has 1 unspecified atom stereocenters. The molecule has 0 bridgehead atoms. The minimum atomic E-state index is -3.23. The average molecular weight is 279 g/mol.